The first-order valence-corrected chi connectivity index (χ1v) is 7.06. The minimum Gasteiger partial charge on any atom is -0.469 e. The van der Waals surface area contributed by atoms with Gasteiger partial charge in [0.05, 0.1) is 26.1 Å². The van der Waals surface area contributed by atoms with Crippen molar-refractivity contribution in [3.63, 3.8) is 0 Å². The molecule has 128 valence electrons. The highest BCUT2D eigenvalue weighted by molar-refractivity contribution is 9.10. The number of carbonyl (C=O) groups excluding carboxylic acids is 2. The number of carbonyl (C=O) groups is 2. The fourth-order valence-corrected chi connectivity index (χ4v) is 2.22. The van der Waals surface area contributed by atoms with Crippen LogP contribution in [0.4, 0.5) is 13.2 Å². The molecule has 0 saturated heterocycles. The number of esters is 1. The van der Waals surface area contributed by atoms with Crippen molar-refractivity contribution in [1.82, 2.24) is 5.32 Å². The molecule has 0 heterocycles. The Morgan fingerprint density at radius 1 is 1.35 bits per heavy atom. The zero-order chi connectivity index (χ0) is 17.6. The van der Waals surface area contributed by atoms with E-state index in [0.29, 0.717) is 0 Å². The predicted octanol–water partition coefficient (Wildman–Crippen LogP) is 2.03. The van der Waals surface area contributed by atoms with Crippen molar-refractivity contribution < 1.29 is 32.2 Å². The molecule has 1 aromatic carbocycles. The zero-order valence-corrected chi connectivity index (χ0v) is 13.5. The molecule has 1 rings (SSSR count). The van der Waals surface area contributed by atoms with Gasteiger partial charge in [-0.25, -0.2) is 0 Å². The van der Waals surface area contributed by atoms with Crippen LogP contribution in [0, 0.1) is 0 Å². The van der Waals surface area contributed by atoms with E-state index in [9.17, 15) is 22.8 Å². The second-order valence-electron chi connectivity index (χ2n) is 4.37. The molecule has 3 N–H and O–H groups in total. The van der Waals surface area contributed by atoms with Gasteiger partial charge in [0.25, 0.3) is 0 Å². The number of amides is 1. The minimum absolute atomic E-state index is 0.228. The normalized spacial score (nSPS) is 12.4. The van der Waals surface area contributed by atoms with Gasteiger partial charge in [-0.05, 0) is 23.8 Å². The molecule has 0 saturated carbocycles. The molecule has 0 radical (unpaired) electrons. The molecular formula is C13H14BrF3N2O4. The highest BCUT2D eigenvalue weighted by Crippen LogP contribution is 2.30. The maximum Gasteiger partial charge on any atom is 0.573 e. The van der Waals surface area contributed by atoms with Crippen molar-refractivity contribution in [3.05, 3.63) is 28.2 Å². The van der Waals surface area contributed by atoms with Gasteiger partial charge < -0.3 is 20.5 Å². The van der Waals surface area contributed by atoms with Gasteiger partial charge in [0.2, 0.25) is 5.91 Å². The first-order valence-electron chi connectivity index (χ1n) is 6.27. The summed E-state index contributed by atoms with van der Waals surface area (Å²) in [4.78, 5) is 22.9. The first kappa shape index (κ1) is 19.2. The van der Waals surface area contributed by atoms with E-state index < -0.39 is 30.0 Å². The fraction of sp³-hybridized carbons (Fsp3) is 0.385. The van der Waals surface area contributed by atoms with E-state index in [-0.39, 0.29) is 23.0 Å². The first-order chi connectivity index (χ1) is 10.6. The number of benzene rings is 1. The number of halogens is 4. The number of nitrogens with two attached hydrogens (primary N) is 1. The Morgan fingerprint density at radius 2 is 2.00 bits per heavy atom. The molecule has 0 aliphatic carbocycles. The number of alkyl halides is 3. The highest BCUT2D eigenvalue weighted by atomic mass is 79.9. The maximum atomic E-state index is 12.3. The van der Waals surface area contributed by atoms with Crippen LogP contribution in [-0.4, -0.2) is 31.9 Å². The molecule has 0 aliphatic rings. The van der Waals surface area contributed by atoms with E-state index in [0.717, 1.165) is 19.2 Å². The highest BCUT2D eigenvalue weighted by Gasteiger charge is 2.31. The van der Waals surface area contributed by atoms with Gasteiger partial charge in [0.15, 0.2) is 0 Å². The summed E-state index contributed by atoms with van der Waals surface area (Å²) in [6.45, 7) is -0.336. The molecule has 0 unspecified atom stereocenters. The zero-order valence-electron chi connectivity index (χ0n) is 11.9. The molecule has 10 heteroatoms. The second kappa shape index (κ2) is 8.16. The van der Waals surface area contributed by atoms with Gasteiger partial charge in [-0.1, -0.05) is 15.9 Å². The van der Waals surface area contributed by atoms with E-state index in [1.165, 1.54) is 6.07 Å². The lowest BCUT2D eigenvalue weighted by Crippen LogP contribution is -2.35. The van der Waals surface area contributed by atoms with Crippen molar-refractivity contribution in [2.45, 2.75) is 18.8 Å². The summed E-state index contributed by atoms with van der Waals surface area (Å²) in [6.07, 6.45) is -5.14. The van der Waals surface area contributed by atoms with E-state index >= 15 is 0 Å². The average Bonchev–Trinajstić information content (AvgIpc) is 2.43. The average molecular weight is 399 g/mol. The molecule has 23 heavy (non-hydrogen) atoms. The number of methoxy groups -OCH3 is 1. The lowest BCUT2D eigenvalue weighted by molar-refractivity contribution is -0.274. The largest absolute Gasteiger partial charge is 0.573 e. The molecule has 1 amide bonds. The molecule has 0 spiro atoms. The van der Waals surface area contributed by atoms with Crippen LogP contribution in [0.2, 0.25) is 0 Å². The van der Waals surface area contributed by atoms with Gasteiger partial charge in [0, 0.05) is 4.47 Å². The summed E-state index contributed by atoms with van der Waals surface area (Å²) in [5.41, 5.74) is 5.42. The van der Waals surface area contributed by atoms with E-state index in [4.69, 9.17) is 5.73 Å². The summed E-state index contributed by atoms with van der Waals surface area (Å²) in [5, 5.41) is 2.44. The minimum atomic E-state index is -4.86. The van der Waals surface area contributed by atoms with Crippen LogP contribution in [0.5, 0.6) is 5.75 Å². The van der Waals surface area contributed by atoms with Crippen molar-refractivity contribution in [1.29, 1.82) is 0 Å². The summed E-state index contributed by atoms with van der Waals surface area (Å²) in [6, 6.07) is 2.72. The topological polar surface area (TPSA) is 90.7 Å². The summed E-state index contributed by atoms with van der Waals surface area (Å²) in [5.74, 6) is -1.71. The Kier molecular flexibility index (Phi) is 6.82. The number of ether oxygens (including phenoxy) is 2. The fourth-order valence-electron chi connectivity index (χ4n) is 1.73. The third kappa shape index (κ3) is 6.87. The van der Waals surface area contributed by atoms with Gasteiger partial charge >= 0.3 is 12.3 Å². The standard InChI is InChI=1S/C13H14BrF3N2O4/c1-22-12(21)5-10(19-11(20)6-18)7-2-8(14)4-9(3-7)23-13(15,16)17/h2-4,10H,5-6,18H2,1H3,(H,19,20)/t10-/m0/s1. The lowest BCUT2D eigenvalue weighted by atomic mass is 10.0. The van der Waals surface area contributed by atoms with Crippen LogP contribution in [0.25, 0.3) is 0 Å². The van der Waals surface area contributed by atoms with Gasteiger partial charge in [-0.2, -0.15) is 0 Å². The van der Waals surface area contributed by atoms with Crippen molar-refractivity contribution in [3.8, 4) is 5.75 Å². The Morgan fingerprint density at radius 3 is 2.52 bits per heavy atom. The number of hydrogen-bond acceptors (Lipinski definition) is 5. The van der Waals surface area contributed by atoms with Crippen LogP contribution >= 0.6 is 15.9 Å². The molecule has 0 bridgehead atoms. The third-order valence-corrected chi connectivity index (χ3v) is 3.11. The van der Waals surface area contributed by atoms with Crippen molar-refractivity contribution >= 4 is 27.8 Å². The van der Waals surface area contributed by atoms with Crippen LogP contribution in [0.3, 0.4) is 0 Å². The molecule has 0 aromatic heterocycles. The Balaban J connectivity index is 3.13. The Labute approximate surface area is 138 Å². The maximum absolute atomic E-state index is 12.3. The number of nitrogens with one attached hydrogen (secondary N) is 1. The van der Waals surface area contributed by atoms with Crippen LogP contribution < -0.4 is 15.8 Å². The Hall–Kier alpha value is -1.81. The summed E-state index contributed by atoms with van der Waals surface area (Å²) in [7, 11) is 1.16. The van der Waals surface area contributed by atoms with Gasteiger partial charge in [-0.3, -0.25) is 9.59 Å². The smallest absolute Gasteiger partial charge is 0.469 e. The number of rotatable bonds is 6. The van der Waals surface area contributed by atoms with Crippen LogP contribution in [0.1, 0.15) is 18.0 Å². The predicted molar refractivity (Wildman–Crippen MR) is 77.4 cm³/mol. The molecule has 0 fully saturated rings. The summed E-state index contributed by atoms with van der Waals surface area (Å²) >= 11 is 3.05. The van der Waals surface area contributed by atoms with Crippen LogP contribution in [0.15, 0.2) is 22.7 Å². The second-order valence-corrected chi connectivity index (χ2v) is 5.29. The molecule has 0 aliphatic heterocycles. The molecule has 1 atom stereocenters. The monoisotopic (exact) mass is 398 g/mol. The van der Waals surface area contributed by atoms with Crippen LogP contribution in [-0.2, 0) is 14.3 Å². The Bertz CT molecular complexity index is 563. The van der Waals surface area contributed by atoms with E-state index in [2.05, 4.69) is 30.7 Å². The molecular weight excluding hydrogens is 385 g/mol. The lowest BCUT2D eigenvalue weighted by Gasteiger charge is -2.19. The molecule has 6 nitrogen and oxygen atoms in total. The molecule has 1 aromatic rings. The summed E-state index contributed by atoms with van der Waals surface area (Å²) < 4.78 is 45.7. The quantitative estimate of drug-likeness (QED) is 0.715. The van der Waals surface area contributed by atoms with Gasteiger partial charge in [0.1, 0.15) is 5.75 Å². The van der Waals surface area contributed by atoms with Crippen molar-refractivity contribution in [2.24, 2.45) is 5.73 Å². The van der Waals surface area contributed by atoms with Gasteiger partial charge in [-0.15, -0.1) is 13.2 Å². The third-order valence-electron chi connectivity index (χ3n) is 2.65. The van der Waals surface area contributed by atoms with E-state index in [1.54, 1.807) is 0 Å². The number of hydrogen-bond donors (Lipinski definition) is 2. The van der Waals surface area contributed by atoms with Crippen molar-refractivity contribution in [2.75, 3.05) is 13.7 Å². The van der Waals surface area contributed by atoms with E-state index in [1.807, 2.05) is 0 Å². The SMILES string of the molecule is COC(=O)C[C@H](NC(=O)CN)c1cc(Br)cc(OC(F)(F)F)c1.